The van der Waals surface area contributed by atoms with Gasteiger partial charge in [0.25, 0.3) is 0 Å². The van der Waals surface area contributed by atoms with E-state index in [0.717, 1.165) is 16.7 Å². The summed E-state index contributed by atoms with van der Waals surface area (Å²) in [4.78, 5) is 0. The molecule has 3 rings (SSSR count). The van der Waals surface area contributed by atoms with E-state index >= 15 is 0 Å². The van der Waals surface area contributed by atoms with E-state index in [4.69, 9.17) is 14.2 Å². The van der Waals surface area contributed by atoms with Gasteiger partial charge in [-0.3, -0.25) is 0 Å². The molecule has 3 aromatic rings. The molecular weight excluding hydrogens is 428 g/mol. The Labute approximate surface area is 181 Å². The first-order chi connectivity index (χ1) is 14.2. The van der Waals surface area contributed by atoms with E-state index in [2.05, 4.69) is 88.7 Å². The van der Waals surface area contributed by atoms with Crippen LogP contribution in [0, 0.1) is 0 Å². The van der Waals surface area contributed by atoms with Crippen molar-refractivity contribution in [3.8, 4) is 0 Å². The summed E-state index contributed by atoms with van der Waals surface area (Å²) in [5, 5.41) is 0.0317. The highest BCUT2D eigenvalue weighted by Crippen LogP contribution is 2.40. The molecule has 0 saturated heterocycles. The van der Waals surface area contributed by atoms with E-state index in [1.807, 2.05) is 25.1 Å². The fraction of sp³-hybridized carbons (Fsp3) is 0.280. The molecule has 0 radical (unpaired) electrons. The average Bonchev–Trinajstić information content (AvgIpc) is 2.77. The highest BCUT2D eigenvalue weighted by Gasteiger charge is 2.37. The molecule has 3 nitrogen and oxygen atoms in total. The predicted molar refractivity (Wildman–Crippen MR) is 120 cm³/mol. The highest BCUT2D eigenvalue weighted by molar-refractivity contribution is 9.09. The molecule has 0 aliphatic carbocycles. The topological polar surface area (TPSA) is 27.7 Å². The Kier molecular flexibility index (Phi) is 8.44. The lowest BCUT2D eigenvalue weighted by atomic mass is 9.80. The van der Waals surface area contributed by atoms with Crippen molar-refractivity contribution in [1.82, 2.24) is 0 Å². The van der Waals surface area contributed by atoms with Crippen molar-refractivity contribution in [2.45, 2.75) is 17.5 Å². The monoisotopic (exact) mass is 454 g/mol. The maximum Gasteiger partial charge on any atom is 0.143 e. The summed E-state index contributed by atoms with van der Waals surface area (Å²) in [6.45, 7) is 3.98. The Hall–Kier alpha value is -1.98. The van der Waals surface area contributed by atoms with Gasteiger partial charge in [-0.05, 0) is 23.6 Å². The Morgan fingerprint density at radius 2 is 1.07 bits per heavy atom. The van der Waals surface area contributed by atoms with Crippen LogP contribution in [0.2, 0.25) is 0 Å². The molecule has 0 fully saturated rings. The molecule has 29 heavy (non-hydrogen) atoms. The first-order valence-corrected chi connectivity index (χ1v) is 10.8. The Bertz CT molecular complexity index is 726. The number of rotatable bonds is 11. The van der Waals surface area contributed by atoms with Crippen molar-refractivity contribution < 1.29 is 14.2 Å². The van der Waals surface area contributed by atoms with Crippen LogP contribution in [0.1, 0.15) is 23.6 Å². The fourth-order valence-corrected chi connectivity index (χ4v) is 3.58. The van der Waals surface area contributed by atoms with Crippen LogP contribution in [0.15, 0.2) is 91.0 Å². The fourth-order valence-electron chi connectivity index (χ4n) is 3.39. The maximum atomic E-state index is 6.64. The molecule has 3 aromatic carbocycles. The maximum absolute atomic E-state index is 6.64. The lowest BCUT2D eigenvalue weighted by Gasteiger charge is -2.36. The minimum Gasteiger partial charge on any atom is -0.377 e. The highest BCUT2D eigenvalue weighted by atomic mass is 79.9. The number of benzene rings is 3. The van der Waals surface area contributed by atoms with Crippen molar-refractivity contribution >= 4 is 15.9 Å². The van der Waals surface area contributed by atoms with E-state index in [1.54, 1.807) is 0 Å². The van der Waals surface area contributed by atoms with Crippen LogP contribution in [0.5, 0.6) is 0 Å². The summed E-state index contributed by atoms with van der Waals surface area (Å²) in [5.41, 5.74) is 2.57. The molecule has 152 valence electrons. The van der Waals surface area contributed by atoms with Crippen molar-refractivity contribution in [3.63, 3.8) is 0 Å². The molecule has 0 heterocycles. The molecule has 0 N–H and O–H groups in total. The summed E-state index contributed by atoms with van der Waals surface area (Å²) >= 11 is 3.36. The van der Waals surface area contributed by atoms with Crippen LogP contribution < -0.4 is 0 Å². The minimum atomic E-state index is -0.700. The van der Waals surface area contributed by atoms with Crippen LogP contribution in [0.4, 0.5) is 0 Å². The summed E-state index contributed by atoms with van der Waals surface area (Å²) < 4.78 is 17.8. The third kappa shape index (κ3) is 5.77. The van der Waals surface area contributed by atoms with Gasteiger partial charge in [0.1, 0.15) is 10.6 Å². The number of hydrogen-bond acceptors (Lipinski definition) is 3. The van der Waals surface area contributed by atoms with Crippen LogP contribution in [0.25, 0.3) is 0 Å². The SMILES string of the molecule is CC(Br)OCCOCCOC(c1ccccc1)(c1ccccc1)c1ccccc1. The van der Waals surface area contributed by atoms with Crippen molar-refractivity contribution in [2.24, 2.45) is 0 Å². The molecule has 0 aromatic heterocycles. The second-order valence-corrected chi connectivity index (χ2v) is 7.94. The van der Waals surface area contributed by atoms with E-state index in [1.165, 1.54) is 0 Å². The van der Waals surface area contributed by atoms with Gasteiger partial charge >= 0.3 is 0 Å². The predicted octanol–water partition coefficient (Wildman–Crippen LogP) is 5.77. The number of ether oxygens (including phenoxy) is 3. The quantitative estimate of drug-likeness (QED) is 0.209. The Morgan fingerprint density at radius 3 is 1.48 bits per heavy atom. The van der Waals surface area contributed by atoms with Gasteiger partial charge in [0.2, 0.25) is 0 Å². The Balaban J connectivity index is 1.85. The molecule has 1 unspecified atom stereocenters. The molecular formula is C25H27BrO3. The lowest BCUT2D eigenvalue weighted by molar-refractivity contribution is -0.0338. The smallest absolute Gasteiger partial charge is 0.143 e. The van der Waals surface area contributed by atoms with Crippen molar-refractivity contribution in [3.05, 3.63) is 108 Å². The minimum absolute atomic E-state index is 0.0317. The standard InChI is InChI=1S/C25H27BrO3/c1-21(26)28-19-17-27-18-20-29-25(22-11-5-2-6-12-22,23-13-7-3-8-14-23)24-15-9-4-10-16-24/h2-16,21H,17-20H2,1H3. The van der Waals surface area contributed by atoms with Gasteiger partial charge in [-0.25, -0.2) is 0 Å². The number of hydrogen-bond donors (Lipinski definition) is 0. The van der Waals surface area contributed by atoms with Gasteiger partial charge < -0.3 is 14.2 Å². The normalized spacial score (nSPS) is 12.6. The van der Waals surface area contributed by atoms with Crippen LogP contribution in [0.3, 0.4) is 0 Å². The van der Waals surface area contributed by atoms with Gasteiger partial charge in [-0.2, -0.15) is 0 Å². The summed E-state index contributed by atoms with van der Waals surface area (Å²) in [6.07, 6.45) is 0. The van der Waals surface area contributed by atoms with Crippen molar-refractivity contribution in [2.75, 3.05) is 26.4 Å². The molecule has 0 aliphatic heterocycles. The van der Waals surface area contributed by atoms with Crippen LogP contribution in [-0.4, -0.2) is 31.4 Å². The molecule has 0 aliphatic rings. The van der Waals surface area contributed by atoms with Gasteiger partial charge in [0.15, 0.2) is 0 Å². The zero-order valence-corrected chi connectivity index (χ0v) is 18.3. The second kappa shape index (κ2) is 11.3. The molecule has 4 heteroatoms. The molecule has 0 saturated carbocycles. The van der Waals surface area contributed by atoms with E-state index in [0.29, 0.717) is 26.4 Å². The van der Waals surface area contributed by atoms with Crippen molar-refractivity contribution in [1.29, 1.82) is 0 Å². The zero-order chi connectivity index (χ0) is 20.4. The number of alkyl halides is 1. The average molecular weight is 455 g/mol. The zero-order valence-electron chi connectivity index (χ0n) is 16.7. The number of halogens is 1. The Morgan fingerprint density at radius 1 is 0.655 bits per heavy atom. The third-order valence-electron chi connectivity index (χ3n) is 4.66. The van der Waals surface area contributed by atoms with Gasteiger partial charge in [-0.15, -0.1) is 0 Å². The molecule has 0 amide bonds. The van der Waals surface area contributed by atoms with Crippen LogP contribution in [-0.2, 0) is 19.8 Å². The summed E-state index contributed by atoms with van der Waals surface area (Å²) in [7, 11) is 0. The second-order valence-electron chi connectivity index (χ2n) is 6.65. The first kappa shape index (κ1) is 21.7. The van der Waals surface area contributed by atoms with E-state index in [9.17, 15) is 0 Å². The lowest BCUT2D eigenvalue weighted by Crippen LogP contribution is -2.34. The first-order valence-electron chi connectivity index (χ1n) is 9.87. The van der Waals surface area contributed by atoms with E-state index < -0.39 is 5.60 Å². The van der Waals surface area contributed by atoms with Crippen LogP contribution >= 0.6 is 15.9 Å². The largest absolute Gasteiger partial charge is 0.377 e. The van der Waals surface area contributed by atoms with Gasteiger partial charge in [-0.1, -0.05) is 107 Å². The molecule has 0 bridgehead atoms. The summed E-state index contributed by atoms with van der Waals surface area (Å²) in [6, 6.07) is 31.1. The van der Waals surface area contributed by atoms with Gasteiger partial charge in [0, 0.05) is 0 Å². The molecule has 1 atom stereocenters. The molecule has 0 spiro atoms. The van der Waals surface area contributed by atoms with E-state index in [-0.39, 0.29) is 5.01 Å². The summed E-state index contributed by atoms with van der Waals surface area (Å²) in [5.74, 6) is 0. The third-order valence-corrected chi connectivity index (χ3v) is 4.93. The van der Waals surface area contributed by atoms with Gasteiger partial charge in [0.05, 0.1) is 26.4 Å².